The highest BCUT2D eigenvalue weighted by atomic mass is 16.5. The lowest BCUT2D eigenvalue weighted by molar-refractivity contribution is 0.314. The van der Waals surface area contributed by atoms with E-state index in [4.69, 9.17) is 4.74 Å². The van der Waals surface area contributed by atoms with Crippen molar-refractivity contribution in [1.82, 2.24) is 0 Å². The number of rotatable bonds is 4. The molecule has 1 aromatic carbocycles. The fourth-order valence-corrected chi connectivity index (χ4v) is 1.68. The van der Waals surface area contributed by atoms with Crippen molar-refractivity contribution in [3.8, 4) is 11.5 Å². The molecule has 0 bridgehead atoms. The maximum atomic E-state index is 9.65. The zero-order valence-corrected chi connectivity index (χ0v) is 9.13. The van der Waals surface area contributed by atoms with Gasteiger partial charge in [-0.2, -0.15) is 0 Å². The second kappa shape index (κ2) is 4.89. The largest absolute Gasteiger partial charge is 0.504 e. The average molecular weight is 194 g/mol. The summed E-state index contributed by atoms with van der Waals surface area (Å²) in [5.41, 5.74) is 2.39. The van der Waals surface area contributed by atoms with Gasteiger partial charge in [0, 0.05) is 5.56 Å². The van der Waals surface area contributed by atoms with E-state index in [1.54, 1.807) is 6.07 Å². The van der Waals surface area contributed by atoms with E-state index < -0.39 is 0 Å². The van der Waals surface area contributed by atoms with Crippen molar-refractivity contribution in [2.75, 3.05) is 6.61 Å². The molecular formula is C12H18O2. The Morgan fingerprint density at radius 1 is 1.14 bits per heavy atom. The van der Waals surface area contributed by atoms with E-state index in [2.05, 4.69) is 13.8 Å². The maximum Gasteiger partial charge on any atom is 0.164 e. The number of phenolic OH excluding ortho intramolecular Hbond substituents is 1. The van der Waals surface area contributed by atoms with Crippen molar-refractivity contribution in [3.05, 3.63) is 23.3 Å². The molecule has 0 aromatic heterocycles. The van der Waals surface area contributed by atoms with Crippen LogP contribution >= 0.6 is 0 Å². The van der Waals surface area contributed by atoms with Crippen LogP contribution in [0.15, 0.2) is 12.1 Å². The molecule has 0 aliphatic rings. The van der Waals surface area contributed by atoms with Gasteiger partial charge in [0.2, 0.25) is 0 Å². The van der Waals surface area contributed by atoms with Crippen LogP contribution in [0.25, 0.3) is 0 Å². The lowest BCUT2D eigenvalue weighted by Crippen LogP contribution is -2.00. The van der Waals surface area contributed by atoms with Crippen LogP contribution in [0.4, 0.5) is 0 Å². The molecule has 0 amide bonds. The van der Waals surface area contributed by atoms with Crippen LogP contribution in [0.1, 0.15) is 31.9 Å². The molecule has 1 N–H and O–H groups in total. The summed E-state index contributed by atoms with van der Waals surface area (Å²) < 4.78 is 5.45. The number of hydrogen-bond donors (Lipinski definition) is 1. The fourth-order valence-electron chi connectivity index (χ4n) is 1.68. The highest BCUT2D eigenvalue weighted by molar-refractivity contribution is 5.50. The zero-order chi connectivity index (χ0) is 10.6. The summed E-state index contributed by atoms with van der Waals surface area (Å²) in [6.07, 6.45) is 1.87. The van der Waals surface area contributed by atoms with Crippen LogP contribution in [-0.2, 0) is 12.8 Å². The number of aryl methyl sites for hydroxylation is 1. The van der Waals surface area contributed by atoms with Crippen LogP contribution < -0.4 is 4.74 Å². The SMILES string of the molecule is CCOc1c(O)ccc(CC)c1CC. The molecule has 14 heavy (non-hydrogen) atoms. The molecule has 2 nitrogen and oxygen atoms in total. The van der Waals surface area contributed by atoms with Crippen molar-refractivity contribution in [2.45, 2.75) is 33.6 Å². The number of benzene rings is 1. The Balaban J connectivity index is 3.20. The minimum Gasteiger partial charge on any atom is -0.504 e. The normalized spacial score (nSPS) is 10.2. The predicted octanol–water partition coefficient (Wildman–Crippen LogP) is 2.92. The van der Waals surface area contributed by atoms with E-state index in [9.17, 15) is 5.11 Å². The highest BCUT2D eigenvalue weighted by Gasteiger charge is 2.11. The topological polar surface area (TPSA) is 29.5 Å². The van der Waals surface area contributed by atoms with E-state index in [0.29, 0.717) is 12.4 Å². The first-order chi connectivity index (χ1) is 6.74. The predicted molar refractivity (Wildman–Crippen MR) is 58.0 cm³/mol. The van der Waals surface area contributed by atoms with Crippen molar-refractivity contribution >= 4 is 0 Å². The van der Waals surface area contributed by atoms with E-state index in [1.807, 2.05) is 13.0 Å². The monoisotopic (exact) mass is 194 g/mol. The van der Waals surface area contributed by atoms with Gasteiger partial charge in [-0.15, -0.1) is 0 Å². The number of hydrogen-bond acceptors (Lipinski definition) is 2. The van der Waals surface area contributed by atoms with Crippen LogP contribution in [0.2, 0.25) is 0 Å². The third kappa shape index (κ3) is 2.00. The van der Waals surface area contributed by atoms with Gasteiger partial charge in [0.05, 0.1) is 6.61 Å². The van der Waals surface area contributed by atoms with Crippen molar-refractivity contribution < 1.29 is 9.84 Å². The molecule has 2 heteroatoms. The number of ether oxygens (including phenoxy) is 1. The molecule has 0 aliphatic heterocycles. The first kappa shape index (κ1) is 10.9. The second-order valence-corrected chi connectivity index (χ2v) is 3.19. The Morgan fingerprint density at radius 2 is 1.86 bits per heavy atom. The molecule has 1 rings (SSSR count). The van der Waals surface area contributed by atoms with Crippen molar-refractivity contribution in [2.24, 2.45) is 0 Å². The Kier molecular flexibility index (Phi) is 3.81. The molecule has 0 spiro atoms. The molecule has 0 saturated heterocycles. The molecule has 0 heterocycles. The van der Waals surface area contributed by atoms with Gasteiger partial charge in [0.15, 0.2) is 11.5 Å². The lowest BCUT2D eigenvalue weighted by atomic mass is 10.0. The van der Waals surface area contributed by atoms with Crippen LogP contribution in [0.5, 0.6) is 11.5 Å². The van der Waals surface area contributed by atoms with Crippen LogP contribution in [0.3, 0.4) is 0 Å². The Hall–Kier alpha value is -1.18. The standard InChI is InChI=1S/C12H18O2/c1-4-9-7-8-11(13)12(14-6-3)10(9)5-2/h7-8,13H,4-6H2,1-3H3. The van der Waals surface area contributed by atoms with Gasteiger partial charge < -0.3 is 9.84 Å². The Bertz CT molecular complexity index is 305. The first-order valence-electron chi connectivity index (χ1n) is 5.21. The second-order valence-electron chi connectivity index (χ2n) is 3.19. The van der Waals surface area contributed by atoms with Gasteiger partial charge in [-0.05, 0) is 31.4 Å². The van der Waals surface area contributed by atoms with E-state index in [0.717, 1.165) is 18.4 Å². The summed E-state index contributed by atoms with van der Waals surface area (Å²) in [7, 11) is 0. The lowest BCUT2D eigenvalue weighted by Gasteiger charge is -2.14. The minimum absolute atomic E-state index is 0.251. The molecule has 0 fully saturated rings. The van der Waals surface area contributed by atoms with Crippen molar-refractivity contribution in [1.29, 1.82) is 0 Å². The van der Waals surface area contributed by atoms with Gasteiger partial charge in [0.25, 0.3) is 0 Å². The Morgan fingerprint density at radius 3 is 2.36 bits per heavy atom. The molecule has 0 unspecified atom stereocenters. The summed E-state index contributed by atoms with van der Waals surface area (Å²) in [4.78, 5) is 0. The minimum atomic E-state index is 0.251. The molecule has 0 atom stereocenters. The smallest absolute Gasteiger partial charge is 0.164 e. The van der Waals surface area contributed by atoms with E-state index in [1.165, 1.54) is 5.56 Å². The number of aromatic hydroxyl groups is 1. The van der Waals surface area contributed by atoms with Gasteiger partial charge in [-0.25, -0.2) is 0 Å². The molecule has 1 aromatic rings. The summed E-state index contributed by atoms with van der Waals surface area (Å²) in [5.74, 6) is 0.912. The Labute approximate surface area is 85.5 Å². The third-order valence-corrected chi connectivity index (χ3v) is 2.36. The summed E-state index contributed by atoms with van der Waals surface area (Å²) in [5, 5.41) is 9.65. The quantitative estimate of drug-likeness (QED) is 0.798. The van der Waals surface area contributed by atoms with Crippen LogP contribution in [0, 0.1) is 0 Å². The van der Waals surface area contributed by atoms with Gasteiger partial charge in [-0.1, -0.05) is 19.9 Å². The van der Waals surface area contributed by atoms with Gasteiger partial charge >= 0.3 is 0 Å². The first-order valence-corrected chi connectivity index (χ1v) is 5.21. The van der Waals surface area contributed by atoms with Gasteiger partial charge in [0.1, 0.15) is 0 Å². The highest BCUT2D eigenvalue weighted by Crippen LogP contribution is 2.33. The average Bonchev–Trinajstić information content (AvgIpc) is 2.21. The molecule has 78 valence electrons. The molecule has 0 radical (unpaired) electrons. The van der Waals surface area contributed by atoms with Gasteiger partial charge in [-0.3, -0.25) is 0 Å². The summed E-state index contributed by atoms with van der Waals surface area (Å²) in [6.45, 7) is 6.71. The van der Waals surface area contributed by atoms with E-state index >= 15 is 0 Å². The maximum absolute atomic E-state index is 9.65. The van der Waals surface area contributed by atoms with Crippen LogP contribution in [-0.4, -0.2) is 11.7 Å². The summed E-state index contributed by atoms with van der Waals surface area (Å²) >= 11 is 0. The molecule has 0 saturated carbocycles. The molecule has 0 aliphatic carbocycles. The molecular weight excluding hydrogens is 176 g/mol. The van der Waals surface area contributed by atoms with Crippen molar-refractivity contribution in [3.63, 3.8) is 0 Å². The fraction of sp³-hybridized carbons (Fsp3) is 0.500. The third-order valence-electron chi connectivity index (χ3n) is 2.36. The number of phenols is 1. The van der Waals surface area contributed by atoms with E-state index in [-0.39, 0.29) is 5.75 Å². The summed E-state index contributed by atoms with van der Waals surface area (Å²) in [6, 6.07) is 3.68. The zero-order valence-electron chi connectivity index (χ0n) is 9.13.